The van der Waals surface area contributed by atoms with Crippen LogP contribution in [0.3, 0.4) is 0 Å². The van der Waals surface area contributed by atoms with Crippen molar-refractivity contribution < 1.29 is 4.79 Å². The largest absolute Gasteiger partial charge is 0.369 e. The van der Waals surface area contributed by atoms with Crippen LogP contribution in [0, 0.1) is 0 Å². The van der Waals surface area contributed by atoms with Crippen molar-refractivity contribution in [2.45, 2.75) is 19.8 Å². The first-order chi connectivity index (χ1) is 14.2. The van der Waals surface area contributed by atoms with Gasteiger partial charge in [-0.3, -0.25) is 9.69 Å². The van der Waals surface area contributed by atoms with E-state index in [1.54, 1.807) is 0 Å². The normalized spacial score (nSPS) is 17.4. The van der Waals surface area contributed by atoms with Crippen LogP contribution >= 0.6 is 0 Å². The number of nitrogens with one attached hydrogen (secondary N) is 1. The highest BCUT2D eigenvalue weighted by atomic mass is 16.1. The highest BCUT2D eigenvalue weighted by Crippen LogP contribution is 2.30. The number of amides is 1. The molecule has 5 heteroatoms. The first kappa shape index (κ1) is 18.3. The standard InChI is InChI=1S/C24H28N4O/c1-2-12-26-13-15-27(16-14-26)19-6-8-20(9-7-19)28-17-18-10-11-25-24(29)21-4-3-5-22(28)23(18)21/h3-9,17H,2,10-16H2,1H3,(H,25,29). The Balaban J connectivity index is 1.43. The van der Waals surface area contributed by atoms with E-state index in [-0.39, 0.29) is 5.91 Å². The van der Waals surface area contributed by atoms with Crippen LogP contribution in [0.2, 0.25) is 0 Å². The van der Waals surface area contributed by atoms with Gasteiger partial charge in [0.1, 0.15) is 0 Å². The zero-order chi connectivity index (χ0) is 19.8. The highest BCUT2D eigenvalue weighted by molar-refractivity contribution is 6.08. The Bertz CT molecular complexity index is 1030. The molecular formula is C24H28N4O. The minimum absolute atomic E-state index is 0.0321. The lowest BCUT2D eigenvalue weighted by atomic mass is 10.1. The van der Waals surface area contributed by atoms with E-state index in [0.29, 0.717) is 6.54 Å². The molecule has 5 rings (SSSR count). The number of piperazine rings is 1. The molecule has 1 saturated heterocycles. The Morgan fingerprint density at radius 3 is 2.48 bits per heavy atom. The van der Waals surface area contributed by atoms with Crippen LogP contribution in [-0.2, 0) is 6.42 Å². The number of carbonyl (C=O) groups is 1. The Kier molecular flexibility index (Phi) is 4.76. The maximum atomic E-state index is 12.4. The number of hydrogen-bond acceptors (Lipinski definition) is 3. The van der Waals surface area contributed by atoms with E-state index in [4.69, 9.17) is 0 Å². The molecule has 150 valence electrons. The SMILES string of the molecule is CCCN1CCN(c2ccc(-n3cc4c5c(cccc53)C(=O)NCC4)cc2)CC1. The summed E-state index contributed by atoms with van der Waals surface area (Å²) >= 11 is 0. The summed E-state index contributed by atoms with van der Waals surface area (Å²) in [5, 5.41) is 4.09. The number of hydrogen-bond donors (Lipinski definition) is 1. The molecule has 2 aliphatic heterocycles. The predicted octanol–water partition coefficient (Wildman–Crippen LogP) is 3.45. The van der Waals surface area contributed by atoms with Crippen molar-refractivity contribution in [3.63, 3.8) is 0 Å². The monoisotopic (exact) mass is 388 g/mol. The first-order valence-corrected chi connectivity index (χ1v) is 10.7. The first-order valence-electron chi connectivity index (χ1n) is 10.7. The fourth-order valence-electron chi connectivity index (χ4n) is 4.74. The second-order valence-electron chi connectivity index (χ2n) is 8.08. The number of aromatic nitrogens is 1. The van der Waals surface area contributed by atoms with Gasteiger partial charge in [-0.2, -0.15) is 0 Å². The van der Waals surface area contributed by atoms with Crippen molar-refractivity contribution in [3.8, 4) is 5.69 Å². The Morgan fingerprint density at radius 2 is 1.72 bits per heavy atom. The van der Waals surface area contributed by atoms with Crippen molar-refractivity contribution in [1.82, 2.24) is 14.8 Å². The van der Waals surface area contributed by atoms with Crippen LogP contribution in [0.1, 0.15) is 29.3 Å². The van der Waals surface area contributed by atoms with E-state index in [0.717, 1.165) is 54.8 Å². The lowest BCUT2D eigenvalue weighted by Crippen LogP contribution is -2.46. The summed E-state index contributed by atoms with van der Waals surface area (Å²) in [5.41, 5.74) is 5.58. The van der Waals surface area contributed by atoms with E-state index < -0.39 is 0 Å². The van der Waals surface area contributed by atoms with Crippen LogP contribution in [0.4, 0.5) is 5.69 Å². The van der Waals surface area contributed by atoms with E-state index in [2.05, 4.69) is 63.1 Å². The summed E-state index contributed by atoms with van der Waals surface area (Å²) in [6.07, 6.45) is 4.30. The van der Waals surface area contributed by atoms with Crippen LogP contribution in [0.15, 0.2) is 48.7 Å². The predicted molar refractivity (Wildman–Crippen MR) is 118 cm³/mol. The smallest absolute Gasteiger partial charge is 0.251 e. The van der Waals surface area contributed by atoms with Crippen LogP contribution in [0.25, 0.3) is 16.6 Å². The van der Waals surface area contributed by atoms with Crippen molar-refractivity contribution >= 4 is 22.5 Å². The lowest BCUT2D eigenvalue weighted by Gasteiger charge is -2.36. The molecule has 0 atom stereocenters. The molecule has 1 amide bonds. The van der Waals surface area contributed by atoms with Gasteiger partial charge >= 0.3 is 0 Å². The van der Waals surface area contributed by atoms with Crippen molar-refractivity contribution in [1.29, 1.82) is 0 Å². The summed E-state index contributed by atoms with van der Waals surface area (Å²) < 4.78 is 2.23. The lowest BCUT2D eigenvalue weighted by molar-refractivity contribution is 0.0957. The quantitative estimate of drug-likeness (QED) is 0.744. The van der Waals surface area contributed by atoms with E-state index in [9.17, 15) is 4.79 Å². The van der Waals surface area contributed by atoms with Gasteiger partial charge in [-0.15, -0.1) is 0 Å². The van der Waals surface area contributed by atoms with E-state index in [1.165, 1.54) is 24.2 Å². The van der Waals surface area contributed by atoms with Gasteiger partial charge in [0, 0.05) is 61.2 Å². The number of nitrogens with zero attached hydrogens (tertiary/aromatic N) is 3. The molecule has 1 N–H and O–H groups in total. The van der Waals surface area contributed by atoms with Gasteiger partial charge < -0.3 is 14.8 Å². The molecule has 29 heavy (non-hydrogen) atoms. The molecule has 3 heterocycles. The van der Waals surface area contributed by atoms with E-state index >= 15 is 0 Å². The average Bonchev–Trinajstić information content (AvgIpc) is 3.05. The summed E-state index contributed by atoms with van der Waals surface area (Å²) in [7, 11) is 0. The van der Waals surface area contributed by atoms with Gasteiger partial charge in [0.25, 0.3) is 5.91 Å². The number of anilines is 1. The molecule has 5 nitrogen and oxygen atoms in total. The molecule has 0 spiro atoms. The zero-order valence-corrected chi connectivity index (χ0v) is 17.0. The maximum Gasteiger partial charge on any atom is 0.251 e. The molecule has 3 aromatic rings. The third-order valence-corrected chi connectivity index (χ3v) is 6.24. The van der Waals surface area contributed by atoms with Crippen molar-refractivity contribution in [3.05, 3.63) is 59.8 Å². The Labute approximate surface area is 171 Å². The summed E-state index contributed by atoms with van der Waals surface area (Å²) in [6, 6.07) is 14.9. The van der Waals surface area contributed by atoms with Crippen LogP contribution in [0.5, 0.6) is 0 Å². The molecule has 2 aromatic carbocycles. The maximum absolute atomic E-state index is 12.4. The third-order valence-electron chi connectivity index (χ3n) is 6.24. The molecule has 1 fully saturated rings. The Hall–Kier alpha value is -2.79. The molecule has 2 aliphatic rings. The second-order valence-corrected chi connectivity index (χ2v) is 8.08. The topological polar surface area (TPSA) is 40.5 Å². The average molecular weight is 389 g/mol. The van der Waals surface area contributed by atoms with Gasteiger partial charge in [-0.05, 0) is 61.3 Å². The molecule has 1 aromatic heterocycles. The number of rotatable bonds is 4. The molecule has 0 radical (unpaired) electrons. The Morgan fingerprint density at radius 1 is 0.966 bits per heavy atom. The fourth-order valence-corrected chi connectivity index (χ4v) is 4.74. The zero-order valence-electron chi connectivity index (χ0n) is 17.0. The van der Waals surface area contributed by atoms with Crippen molar-refractivity contribution in [2.75, 3.05) is 44.2 Å². The molecule has 0 bridgehead atoms. The highest BCUT2D eigenvalue weighted by Gasteiger charge is 2.21. The fraction of sp³-hybridized carbons (Fsp3) is 0.375. The number of benzene rings is 2. The molecular weight excluding hydrogens is 360 g/mol. The molecule has 0 saturated carbocycles. The van der Waals surface area contributed by atoms with Crippen LogP contribution < -0.4 is 10.2 Å². The van der Waals surface area contributed by atoms with E-state index in [1.807, 2.05) is 12.1 Å². The summed E-state index contributed by atoms with van der Waals surface area (Å²) in [6.45, 7) is 8.62. The van der Waals surface area contributed by atoms with Gasteiger partial charge in [-0.1, -0.05) is 13.0 Å². The summed E-state index contributed by atoms with van der Waals surface area (Å²) in [5.74, 6) is 0.0321. The summed E-state index contributed by atoms with van der Waals surface area (Å²) in [4.78, 5) is 17.4. The minimum atomic E-state index is 0.0321. The van der Waals surface area contributed by atoms with Gasteiger partial charge in [0.15, 0.2) is 0 Å². The number of carbonyl (C=O) groups excluding carboxylic acids is 1. The third kappa shape index (κ3) is 3.29. The molecule has 0 unspecified atom stereocenters. The second kappa shape index (κ2) is 7.56. The van der Waals surface area contributed by atoms with Gasteiger partial charge in [-0.25, -0.2) is 0 Å². The van der Waals surface area contributed by atoms with Gasteiger partial charge in [0.05, 0.1) is 5.52 Å². The minimum Gasteiger partial charge on any atom is -0.369 e. The van der Waals surface area contributed by atoms with Crippen LogP contribution in [-0.4, -0.2) is 54.6 Å². The van der Waals surface area contributed by atoms with Crippen molar-refractivity contribution in [2.24, 2.45) is 0 Å². The molecule has 0 aliphatic carbocycles. The van der Waals surface area contributed by atoms with Gasteiger partial charge in [0.2, 0.25) is 0 Å².